The summed E-state index contributed by atoms with van der Waals surface area (Å²) < 4.78 is 2.08. The number of halogens is 2. The molecule has 2 heterocycles. The predicted octanol–water partition coefficient (Wildman–Crippen LogP) is 1.59. The lowest BCUT2D eigenvalue weighted by atomic mass is 9.95. The van der Waals surface area contributed by atoms with E-state index in [1.54, 1.807) is 6.20 Å². The van der Waals surface area contributed by atoms with Gasteiger partial charge in [-0.3, -0.25) is 4.79 Å². The van der Waals surface area contributed by atoms with Crippen molar-refractivity contribution in [1.29, 1.82) is 0 Å². The molecule has 1 amide bonds. The summed E-state index contributed by atoms with van der Waals surface area (Å²) >= 11 is 0. The fourth-order valence-electron chi connectivity index (χ4n) is 2.33. The standard InChI is InChI=1S/C12H20N4O.2ClH/c1-3-4-12(2,13)11(17)16-8-7-15-6-5-14-10(15)9-16;;/h5-6H,3-4,7-9,13H2,1-2H3;2*1H. The third kappa shape index (κ3) is 3.84. The molecule has 1 aliphatic rings. The molecule has 0 radical (unpaired) electrons. The number of carbonyl (C=O) groups is 1. The number of hydrogen-bond donors (Lipinski definition) is 1. The van der Waals surface area contributed by atoms with Crippen molar-refractivity contribution in [2.45, 2.75) is 45.3 Å². The maximum atomic E-state index is 12.3. The number of nitrogens with zero attached hydrogens (tertiary/aromatic N) is 3. The Labute approximate surface area is 126 Å². The number of nitrogens with two attached hydrogens (primary N) is 1. The zero-order chi connectivity index (χ0) is 12.5. The fraction of sp³-hybridized carbons (Fsp3) is 0.667. The lowest BCUT2D eigenvalue weighted by molar-refractivity contribution is -0.138. The molecule has 19 heavy (non-hydrogen) atoms. The number of rotatable bonds is 3. The van der Waals surface area contributed by atoms with Crippen LogP contribution in [-0.2, 0) is 17.9 Å². The Morgan fingerprint density at radius 2 is 2.16 bits per heavy atom. The van der Waals surface area contributed by atoms with E-state index in [0.29, 0.717) is 6.54 Å². The van der Waals surface area contributed by atoms with Crippen LogP contribution in [0, 0.1) is 0 Å². The van der Waals surface area contributed by atoms with Gasteiger partial charge in [-0.25, -0.2) is 4.98 Å². The van der Waals surface area contributed by atoms with Crippen molar-refractivity contribution in [3.63, 3.8) is 0 Å². The average Bonchev–Trinajstić information content (AvgIpc) is 2.74. The van der Waals surface area contributed by atoms with E-state index in [2.05, 4.69) is 9.55 Å². The molecule has 0 saturated heterocycles. The summed E-state index contributed by atoms with van der Waals surface area (Å²) in [6.07, 6.45) is 5.36. The molecule has 0 spiro atoms. The molecule has 1 unspecified atom stereocenters. The van der Waals surface area contributed by atoms with Crippen molar-refractivity contribution in [3.8, 4) is 0 Å². The van der Waals surface area contributed by atoms with Crippen molar-refractivity contribution < 1.29 is 4.79 Å². The molecule has 7 heteroatoms. The first-order valence-corrected chi connectivity index (χ1v) is 6.13. The molecule has 5 nitrogen and oxygen atoms in total. The monoisotopic (exact) mass is 308 g/mol. The third-order valence-corrected chi connectivity index (χ3v) is 3.29. The quantitative estimate of drug-likeness (QED) is 0.922. The van der Waals surface area contributed by atoms with Gasteiger partial charge in [-0.15, -0.1) is 24.8 Å². The molecule has 0 aromatic carbocycles. The summed E-state index contributed by atoms with van der Waals surface area (Å²) in [6, 6.07) is 0. The lowest BCUT2D eigenvalue weighted by Crippen LogP contribution is -2.54. The SMILES string of the molecule is CCCC(C)(N)C(=O)N1CCn2ccnc2C1.Cl.Cl. The van der Waals surface area contributed by atoms with E-state index < -0.39 is 5.54 Å². The minimum absolute atomic E-state index is 0. The second-order valence-electron chi connectivity index (χ2n) is 4.93. The van der Waals surface area contributed by atoms with Gasteiger partial charge in [0.05, 0.1) is 12.1 Å². The van der Waals surface area contributed by atoms with E-state index >= 15 is 0 Å². The van der Waals surface area contributed by atoms with Gasteiger partial charge in [-0.05, 0) is 13.3 Å². The zero-order valence-corrected chi connectivity index (χ0v) is 13.0. The normalized spacial score (nSPS) is 16.7. The van der Waals surface area contributed by atoms with Crippen LogP contribution >= 0.6 is 24.8 Å². The van der Waals surface area contributed by atoms with Gasteiger partial charge in [0.2, 0.25) is 5.91 Å². The average molecular weight is 309 g/mol. The Balaban J connectivity index is 0.00000162. The van der Waals surface area contributed by atoms with Gasteiger partial charge in [-0.1, -0.05) is 13.3 Å². The molecule has 1 aromatic heterocycles. The number of hydrogen-bond acceptors (Lipinski definition) is 3. The van der Waals surface area contributed by atoms with Crippen LogP contribution < -0.4 is 5.73 Å². The van der Waals surface area contributed by atoms with Gasteiger partial charge < -0.3 is 15.2 Å². The highest BCUT2D eigenvalue weighted by Crippen LogP contribution is 2.17. The van der Waals surface area contributed by atoms with E-state index in [-0.39, 0.29) is 30.7 Å². The van der Waals surface area contributed by atoms with Gasteiger partial charge >= 0.3 is 0 Å². The predicted molar refractivity (Wildman–Crippen MR) is 79.6 cm³/mol. The summed E-state index contributed by atoms with van der Waals surface area (Å²) in [4.78, 5) is 18.4. The minimum Gasteiger partial charge on any atom is -0.332 e. The van der Waals surface area contributed by atoms with Crippen LogP contribution in [0.5, 0.6) is 0 Å². The first kappa shape index (κ1) is 18.2. The Morgan fingerprint density at radius 1 is 1.47 bits per heavy atom. The number of amides is 1. The fourth-order valence-corrected chi connectivity index (χ4v) is 2.33. The number of aromatic nitrogens is 2. The molecule has 2 N–H and O–H groups in total. The highest BCUT2D eigenvalue weighted by Gasteiger charge is 2.33. The van der Waals surface area contributed by atoms with E-state index in [0.717, 1.165) is 31.8 Å². The highest BCUT2D eigenvalue weighted by atomic mass is 35.5. The van der Waals surface area contributed by atoms with Crippen LogP contribution in [-0.4, -0.2) is 32.4 Å². The van der Waals surface area contributed by atoms with Crippen LogP contribution in [0.4, 0.5) is 0 Å². The topological polar surface area (TPSA) is 64.2 Å². The summed E-state index contributed by atoms with van der Waals surface area (Å²) in [5.74, 6) is 0.977. The Hall–Kier alpha value is -0.780. The van der Waals surface area contributed by atoms with Crippen molar-refractivity contribution in [1.82, 2.24) is 14.5 Å². The number of fused-ring (bicyclic) bond motifs is 1. The molecule has 1 aliphatic heterocycles. The van der Waals surface area contributed by atoms with Crippen LogP contribution in [0.1, 0.15) is 32.5 Å². The Bertz CT molecular complexity index is 420. The number of imidazole rings is 1. The van der Waals surface area contributed by atoms with Gasteiger partial charge in [0.15, 0.2) is 0 Å². The molecular weight excluding hydrogens is 287 g/mol. The smallest absolute Gasteiger partial charge is 0.242 e. The van der Waals surface area contributed by atoms with E-state index in [1.807, 2.05) is 24.9 Å². The van der Waals surface area contributed by atoms with Crippen LogP contribution in [0.3, 0.4) is 0 Å². The summed E-state index contributed by atoms with van der Waals surface area (Å²) in [7, 11) is 0. The van der Waals surface area contributed by atoms with Crippen molar-refractivity contribution >= 4 is 30.7 Å². The molecule has 0 aliphatic carbocycles. The highest BCUT2D eigenvalue weighted by molar-refractivity contribution is 5.86. The molecule has 0 saturated carbocycles. The zero-order valence-electron chi connectivity index (χ0n) is 11.3. The van der Waals surface area contributed by atoms with Gasteiger partial charge in [0.25, 0.3) is 0 Å². The molecule has 110 valence electrons. The van der Waals surface area contributed by atoms with Crippen LogP contribution in [0.25, 0.3) is 0 Å². The Kier molecular flexibility index (Phi) is 6.83. The maximum absolute atomic E-state index is 12.3. The lowest BCUT2D eigenvalue weighted by Gasteiger charge is -2.34. The van der Waals surface area contributed by atoms with E-state index in [9.17, 15) is 4.79 Å². The van der Waals surface area contributed by atoms with E-state index in [1.165, 1.54) is 0 Å². The van der Waals surface area contributed by atoms with Crippen molar-refractivity contribution in [2.75, 3.05) is 6.54 Å². The second-order valence-corrected chi connectivity index (χ2v) is 4.93. The molecule has 1 aromatic rings. The summed E-state index contributed by atoms with van der Waals surface area (Å²) in [5, 5.41) is 0. The molecule has 0 bridgehead atoms. The van der Waals surface area contributed by atoms with Crippen molar-refractivity contribution in [3.05, 3.63) is 18.2 Å². The third-order valence-electron chi connectivity index (χ3n) is 3.29. The molecule has 0 fully saturated rings. The van der Waals surface area contributed by atoms with E-state index in [4.69, 9.17) is 5.73 Å². The summed E-state index contributed by atoms with van der Waals surface area (Å²) in [5.41, 5.74) is 5.33. The van der Waals surface area contributed by atoms with Gasteiger partial charge in [0, 0.05) is 25.5 Å². The van der Waals surface area contributed by atoms with Crippen LogP contribution in [0.15, 0.2) is 12.4 Å². The minimum atomic E-state index is -0.747. The summed E-state index contributed by atoms with van der Waals surface area (Å²) in [6.45, 7) is 5.96. The van der Waals surface area contributed by atoms with Crippen molar-refractivity contribution in [2.24, 2.45) is 5.73 Å². The first-order valence-electron chi connectivity index (χ1n) is 6.13. The van der Waals surface area contributed by atoms with Crippen LogP contribution in [0.2, 0.25) is 0 Å². The molecule has 1 atom stereocenters. The first-order chi connectivity index (χ1) is 8.04. The number of carbonyl (C=O) groups excluding carboxylic acids is 1. The van der Waals surface area contributed by atoms with Gasteiger partial charge in [-0.2, -0.15) is 0 Å². The molecular formula is C12H22Cl2N4O. The maximum Gasteiger partial charge on any atom is 0.242 e. The van der Waals surface area contributed by atoms with Gasteiger partial charge in [0.1, 0.15) is 5.82 Å². The second kappa shape index (κ2) is 7.12. The molecule has 2 rings (SSSR count). The Morgan fingerprint density at radius 3 is 2.79 bits per heavy atom. The largest absolute Gasteiger partial charge is 0.332 e.